The van der Waals surface area contributed by atoms with Crippen LogP contribution in [0.3, 0.4) is 0 Å². The second kappa shape index (κ2) is 6.69. The van der Waals surface area contributed by atoms with Crippen LogP contribution in [0.15, 0.2) is 10.3 Å². The molecule has 0 saturated heterocycles. The number of nitrogens with one attached hydrogen (secondary N) is 1. The van der Waals surface area contributed by atoms with Crippen LogP contribution in [0, 0.1) is 16.0 Å². The molecule has 0 radical (unpaired) electrons. The van der Waals surface area contributed by atoms with E-state index in [1.807, 2.05) is 4.72 Å². The first-order valence-corrected chi connectivity index (χ1v) is 8.46. The maximum atomic E-state index is 12.1. The number of aliphatic carboxylic acids is 1. The summed E-state index contributed by atoms with van der Waals surface area (Å²) in [5.41, 5.74) is -0.530. The molecule has 1 rings (SSSR count). The number of sulfonamides is 1. The van der Waals surface area contributed by atoms with Gasteiger partial charge < -0.3 is 5.11 Å². The fourth-order valence-corrected chi connectivity index (χ4v) is 4.45. The van der Waals surface area contributed by atoms with Crippen molar-refractivity contribution in [3.05, 3.63) is 20.5 Å². The minimum absolute atomic E-state index is 0.282. The number of hydrogen-bond donors (Lipinski definition) is 2. The van der Waals surface area contributed by atoms with Crippen molar-refractivity contribution in [3.63, 3.8) is 0 Å². The van der Waals surface area contributed by atoms with E-state index in [2.05, 4.69) is 0 Å². The van der Waals surface area contributed by atoms with Gasteiger partial charge in [0.2, 0.25) is 0 Å². The van der Waals surface area contributed by atoms with Crippen molar-refractivity contribution in [2.75, 3.05) is 0 Å². The van der Waals surface area contributed by atoms with Crippen molar-refractivity contribution >= 4 is 44.6 Å². The van der Waals surface area contributed by atoms with E-state index >= 15 is 0 Å². The Morgan fingerprint density at radius 1 is 1.62 bits per heavy atom. The Balaban J connectivity index is 3.13. The molecule has 0 spiro atoms. The predicted molar refractivity (Wildman–Crippen MR) is 77.2 cm³/mol. The third-order valence-corrected chi connectivity index (χ3v) is 6.12. The van der Waals surface area contributed by atoms with Crippen LogP contribution in [-0.2, 0) is 14.8 Å². The lowest BCUT2D eigenvalue weighted by Gasteiger charge is -2.19. The lowest BCUT2D eigenvalue weighted by Crippen LogP contribution is -2.44. The quantitative estimate of drug-likeness (QED) is 0.568. The van der Waals surface area contributed by atoms with Crippen LogP contribution in [0.2, 0.25) is 4.34 Å². The number of carboxylic acids is 1. The molecule has 8 nitrogen and oxygen atoms in total. The van der Waals surface area contributed by atoms with Crippen molar-refractivity contribution in [2.24, 2.45) is 5.92 Å². The number of halogens is 1. The summed E-state index contributed by atoms with van der Waals surface area (Å²) in [6.45, 7) is 3.31. The van der Waals surface area contributed by atoms with Gasteiger partial charge in [0, 0.05) is 6.07 Å². The molecule has 0 bridgehead atoms. The molecule has 0 amide bonds. The average Bonchev–Trinajstić information content (AvgIpc) is 2.78. The maximum Gasteiger partial charge on any atom is 0.322 e. The van der Waals surface area contributed by atoms with Gasteiger partial charge in [-0.05, 0) is 5.92 Å². The first-order valence-electron chi connectivity index (χ1n) is 5.79. The van der Waals surface area contributed by atoms with E-state index in [0.717, 1.165) is 6.07 Å². The van der Waals surface area contributed by atoms with Crippen LogP contribution in [0.25, 0.3) is 0 Å². The van der Waals surface area contributed by atoms with Gasteiger partial charge in [-0.15, -0.1) is 11.3 Å². The van der Waals surface area contributed by atoms with Crippen molar-refractivity contribution in [1.82, 2.24) is 4.72 Å². The van der Waals surface area contributed by atoms with Crippen LogP contribution >= 0.6 is 22.9 Å². The van der Waals surface area contributed by atoms with Gasteiger partial charge in [0.25, 0.3) is 15.7 Å². The highest BCUT2D eigenvalue weighted by Crippen LogP contribution is 2.36. The molecule has 0 fully saturated rings. The number of rotatable bonds is 7. The molecule has 0 aliphatic carbocycles. The second-order valence-corrected chi connectivity index (χ2v) is 7.90. The Morgan fingerprint density at radius 3 is 2.57 bits per heavy atom. The topological polar surface area (TPSA) is 127 Å². The molecule has 2 atom stereocenters. The van der Waals surface area contributed by atoms with Crippen molar-refractivity contribution in [1.29, 1.82) is 0 Å². The van der Waals surface area contributed by atoms with Crippen LogP contribution in [0.1, 0.15) is 20.3 Å². The van der Waals surface area contributed by atoms with Gasteiger partial charge in [0.15, 0.2) is 4.34 Å². The van der Waals surface area contributed by atoms with Gasteiger partial charge in [0.1, 0.15) is 10.3 Å². The number of nitrogens with zero attached hydrogens (tertiary/aromatic N) is 1. The Kier molecular flexibility index (Phi) is 5.68. The molecule has 0 aliphatic rings. The summed E-state index contributed by atoms with van der Waals surface area (Å²) in [4.78, 5) is 21.0. The molecule has 21 heavy (non-hydrogen) atoms. The fourth-order valence-electron chi connectivity index (χ4n) is 1.47. The number of carbonyl (C=O) groups is 1. The Morgan fingerprint density at radius 2 is 2.19 bits per heavy atom. The Bertz CT molecular complexity index is 657. The molecule has 2 N–H and O–H groups in total. The van der Waals surface area contributed by atoms with Crippen molar-refractivity contribution < 1.29 is 23.2 Å². The monoisotopic (exact) mass is 356 g/mol. The Labute approximate surface area is 129 Å². The van der Waals surface area contributed by atoms with E-state index in [1.54, 1.807) is 13.8 Å². The SMILES string of the molecule is CCC(C)C(NS(=O)(=O)c1cc([N+](=O)[O-])c(Cl)s1)C(=O)O. The number of carboxylic acid groups (broad SMARTS) is 1. The highest BCUT2D eigenvalue weighted by atomic mass is 35.5. The number of nitro groups is 1. The normalized spacial score (nSPS) is 14.6. The van der Waals surface area contributed by atoms with Crippen LogP contribution in [0.4, 0.5) is 5.69 Å². The molecular weight excluding hydrogens is 344 g/mol. The minimum Gasteiger partial charge on any atom is -0.480 e. The molecule has 2 unspecified atom stereocenters. The zero-order chi connectivity index (χ0) is 16.4. The van der Waals surface area contributed by atoms with Gasteiger partial charge in [-0.2, -0.15) is 4.72 Å². The van der Waals surface area contributed by atoms with Gasteiger partial charge in [-0.25, -0.2) is 8.42 Å². The zero-order valence-electron chi connectivity index (χ0n) is 11.1. The van der Waals surface area contributed by atoms with Crippen LogP contribution < -0.4 is 4.72 Å². The summed E-state index contributed by atoms with van der Waals surface area (Å²) < 4.78 is 25.6. The summed E-state index contributed by atoms with van der Waals surface area (Å²) >= 11 is 6.11. The fraction of sp³-hybridized carbons (Fsp3) is 0.500. The number of hydrogen-bond acceptors (Lipinski definition) is 6. The summed E-state index contributed by atoms with van der Waals surface area (Å²) in [5.74, 6) is -1.76. The first-order chi connectivity index (χ1) is 9.60. The van der Waals surface area contributed by atoms with Crippen molar-refractivity contribution in [2.45, 2.75) is 30.5 Å². The van der Waals surface area contributed by atoms with E-state index in [1.165, 1.54) is 0 Å². The third kappa shape index (κ3) is 4.13. The standard InChI is InChI=1S/C10H13ClN2O6S2/c1-3-5(2)8(10(14)15)12-21(18,19)7-4-6(13(16)17)9(11)20-7/h4-5,8,12H,3H2,1-2H3,(H,14,15). The molecular formula is C10H13ClN2O6S2. The molecule has 0 saturated carbocycles. The summed E-state index contributed by atoms with van der Waals surface area (Å²) in [7, 11) is -4.20. The van der Waals surface area contributed by atoms with Gasteiger partial charge >= 0.3 is 5.97 Å². The van der Waals surface area contributed by atoms with Gasteiger partial charge in [-0.1, -0.05) is 31.9 Å². The molecule has 1 heterocycles. The van der Waals surface area contributed by atoms with Crippen LogP contribution in [0.5, 0.6) is 0 Å². The summed E-state index contributed by atoms with van der Waals surface area (Å²) in [6, 6.07) is -0.509. The van der Waals surface area contributed by atoms with E-state index in [4.69, 9.17) is 16.7 Å². The highest BCUT2D eigenvalue weighted by Gasteiger charge is 2.32. The van der Waals surface area contributed by atoms with E-state index in [0.29, 0.717) is 17.8 Å². The zero-order valence-corrected chi connectivity index (χ0v) is 13.5. The van der Waals surface area contributed by atoms with E-state index in [-0.39, 0.29) is 4.34 Å². The minimum atomic E-state index is -4.20. The Hall–Kier alpha value is -1.23. The largest absolute Gasteiger partial charge is 0.480 e. The maximum absolute atomic E-state index is 12.1. The first kappa shape index (κ1) is 17.8. The van der Waals surface area contributed by atoms with Crippen molar-refractivity contribution in [3.8, 4) is 0 Å². The third-order valence-electron chi connectivity index (χ3n) is 2.87. The summed E-state index contributed by atoms with van der Waals surface area (Å²) in [6.07, 6.45) is 0.449. The average molecular weight is 357 g/mol. The number of thiophene rings is 1. The molecule has 118 valence electrons. The molecule has 11 heteroatoms. The van der Waals surface area contributed by atoms with Gasteiger partial charge in [0.05, 0.1) is 4.92 Å². The molecule has 1 aromatic heterocycles. The van der Waals surface area contributed by atoms with Gasteiger partial charge in [-0.3, -0.25) is 14.9 Å². The van der Waals surface area contributed by atoms with E-state index in [9.17, 15) is 23.3 Å². The molecule has 0 aromatic carbocycles. The predicted octanol–water partition coefficient (Wildman–Crippen LogP) is 2.09. The van der Waals surface area contributed by atoms with E-state index < -0.39 is 42.8 Å². The second-order valence-electron chi connectivity index (χ2n) is 4.30. The smallest absolute Gasteiger partial charge is 0.322 e. The highest BCUT2D eigenvalue weighted by molar-refractivity contribution is 7.91. The summed E-state index contributed by atoms with van der Waals surface area (Å²) in [5, 5.41) is 19.7. The molecule has 1 aromatic rings. The lowest BCUT2D eigenvalue weighted by molar-refractivity contribution is -0.384. The lowest BCUT2D eigenvalue weighted by atomic mass is 10.0. The van der Waals surface area contributed by atoms with Crippen LogP contribution in [-0.4, -0.2) is 30.5 Å². The molecule has 0 aliphatic heterocycles.